The predicted octanol–water partition coefficient (Wildman–Crippen LogP) is 1.16. The van der Waals surface area contributed by atoms with Crippen LogP contribution in [0.1, 0.15) is 28.8 Å². The highest BCUT2D eigenvalue weighted by Crippen LogP contribution is 2.20. The van der Waals surface area contributed by atoms with E-state index in [1.54, 1.807) is 23.1 Å². The highest BCUT2D eigenvalue weighted by molar-refractivity contribution is 5.91. The van der Waals surface area contributed by atoms with Gasteiger partial charge in [-0.1, -0.05) is 18.2 Å². The maximum absolute atomic E-state index is 12.2. The molecule has 1 unspecified atom stereocenters. The second-order valence-corrected chi connectivity index (χ2v) is 5.15. The number of aromatic carboxylic acids is 1. The molecule has 5 heteroatoms. The lowest BCUT2D eigenvalue weighted by atomic mass is 10.0. The maximum Gasteiger partial charge on any atom is 0.335 e. The normalized spacial score (nSPS) is 18.2. The van der Waals surface area contributed by atoms with E-state index in [-0.39, 0.29) is 24.5 Å². The van der Waals surface area contributed by atoms with Crippen molar-refractivity contribution in [1.82, 2.24) is 4.90 Å². The van der Waals surface area contributed by atoms with E-state index in [0.29, 0.717) is 24.6 Å². The molecule has 1 aliphatic heterocycles. The monoisotopic (exact) mass is 277 g/mol. The lowest BCUT2D eigenvalue weighted by Crippen LogP contribution is -2.30. The summed E-state index contributed by atoms with van der Waals surface area (Å²) in [7, 11) is 0. The Morgan fingerprint density at radius 3 is 2.75 bits per heavy atom. The van der Waals surface area contributed by atoms with Crippen LogP contribution in [-0.2, 0) is 11.2 Å². The largest absolute Gasteiger partial charge is 0.478 e. The van der Waals surface area contributed by atoms with E-state index in [4.69, 9.17) is 10.2 Å². The molecule has 0 radical (unpaired) electrons. The topological polar surface area (TPSA) is 77.8 Å². The Hall–Kier alpha value is -1.88. The number of carbonyl (C=O) groups is 2. The Labute approximate surface area is 117 Å². The molecular weight excluding hydrogens is 258 g/mol. The van der Waals surface area contributed by atoms with Gasteiger partial charge in [0.2, 0.25) is 5.91 Å². The van der Waals surface area contributed by atoms with Gasteiger partial charge in [0.1, 0.15) is 0 Å². The quantitative estimate of drug-likeness (QED) is 0.846. The molecule has 1 saturated heterocycles. The molecule has 0 aromatic heterocycles. The zero-order valence-electron chi connectivity index (χ0n) is 11.3. The summed E-state index contributed by atoms with van der Waals surface area (Å²) in [4.78, 5) is 25.1. The predicted molar refractivity (Wildman–Crippen MR) is 73.5 cm³/mol. The van der Waals surface area contributed by atoms with Gasteiger partial charge < -0.3 is 15.1 Å². The molecule has 0 aliphatic carbocycles. The van der Waals surface area contributed by atoms with Gasteiger partial charge in [0, 0.05) is 19.7 Å². The first-order valence-electron chi connectivity index (χ1n) is 6.81. The number of aliphatic hydroxyl groups excluding tert-OH is 1. The zero-order chi connectivity index (χ0) is 14.5. The molecule has 1 aromatic rings. The molecule has 0 spiro atoms. The average Bonchev–Trinajstić information content (AvgIpc) is 2.88. The minimum absolute atomic E-state index is 0.0425. The lowest BCUT2D eigenvalue weighted by molar-refractivity contribution is -0.129. The van der Waals surface area contributed by atoms with Crippen molar-refractivity contribution >= 4 is 11.9 Å². The molecule has 1 amide bonds. The summed E-state index contributed by atoms with van der Waals surface area (Å²) in [5.74, 6) is -0.689. The van der Waals surface area contributed by atoms with Crippen LogP contribution in [0.4, 0.5) is 0 Å². The Morgan fingerprint density at radius 2 is 2.05 bits per heavy atom. The summed E-state index contributed by atoms with van der Waals surface area (Å²) in [6, 6.07) is 6.60. The van der Waals surface area contributed by atoms with Gasteiger partial charge in [-0.05, 0) is 30.4 Å². The molecule has 108 valence electrons. The summed E-state index contributed by atoms with van der Waals surface area (Å²) < 4.78 is 0. The van der Waals surface area contributed by atoms with E-state index in [2.05, 4.69) is 0 Å². The smallest absolute Gasteiger partial charge is 0.335 e. The number of likely N-dealkylation sites (tertiary alicyclic amines) is 1. The Balaban J connectivity index is 2.00. The highest BCUT2D eigenvalue weighted by Gasteiger charge is 2.26. The van der Waals surface area contributed by atoms with Crippen molar-refractivity contribution in [3.05, 3.63) is 35.4 Å². The minimum Gasteiger partial charge on any atom is -0.478 e. The van der Waals surface area contributed by atoms with Crippen LogP contribution in [0.25, 0.3) is 0 Å². The third kappa shape index (κ3) is 3.36. The number of nitrogens with zero attached hydrogens (tertiary/aromatic N) is 1. The number of hydrogen-bond acceptors (Lipinski definition) is 3. The Morgan fingerprint density at radius 1 is 1.30 bits per heavy atom. The fourth-order valence-electron chi connectivity index (χ4n) is 2.64. The Kier molecular flexibility index (Phi) is 4.74. The fraction of sp³-hybridized carbons (Fsp3) is 0.467. The Bertz CT molecular complexity index is 500. The van der Waals surface area contributed by atoms with Crippen LogP contribution in [0, 0.1) is 5.92 Å². The molecule has 1 aromatic carbocycles. The van der Waals surface area contributed by atoms with Crippen LogP contribution in [0.15, 0.2) is 24.3 Å². The standard InChI is InChI=1S/C15H19NO4/c17-8-6-11-5-7-16(10-11)14(18)9-12-3-1-2-4-13(12)15(19)20/h1-4,11,17H,5-10H2,(H,19,20). The van der Waals surface area contributed by atoms with Gasteiger partial charge in [-0.2, -0.15) is 0 Å². The fourth-order valence-corrected chi connectivity index (χ4v) is 2.64. The van der Waals surface area contributed by atoms with Crippen LogP contribution in [0.2, 0.25) is 0 Å². The summed E-state index contributed by atoms with van der Waals surface area (Å²) in [6.07, 6.45) is 1.75. The van der Waals surface area contributed by atoms with Crippen molar-refractivity contribution < 1.29 is 19.8 Å². The van der Waals surface area contributed by atoms with Crippen LogP contribution in [0.5, 0.6) is 0 Å². The van der Waals surface area contributed by atoms with Gasteiger partial charge in [-0.25, -0.2) is 4.79 Å². The first-order chi connectivity index (χ1) is 9.61. The number of carboxylic acid groups (broad SMARTS) is 1. The zero-order valence-corrected chi connectivity index (χ0v) is 11.3. The molecule has 1 atom stereocenters. The van der Waals surface area contributed by atoms with Gasteiger partial charge in [0.25, 0.3) is 0 Å². The summed E-state index contributed by atoms with van der Waals surface area (Å²) in [6.45, 7) is 1.50. The van der Waals surface area contributed by atoms with Crippen molar-refractivity contribution in [2.24, 2.45) is 5.92 Å². The third-order valence-electron chi connectivity index (χ3n) is 3.77. The third-order valence-corrected chi connectivity index (χ3v) is 3.77. The first-order valence-corrected chi connectivity index (χ1v) is 6.81. The summed E-state index contributed by atoms with van der Waals surface area (Å²) >= 11 is 0. The van der Waals surface area contributed by atoms with Crippen LogP contribution < -0.4 is 0 Å². The van der Waals surface area contributed by atoms with Gasteiger partial charge >= 0.3 is 5.97 Å². The molecule has 2 N–H and O–H groups in total. The van der Waals surface area contributed by atoms with Gasteiger partial charge in [-0.15, -0.1) is 0 Å². The van der Waals surface area contributed by atoms with Crippen LogP contribution in [0.3, 0.4) is 0 Å². The van der Waals surface area contributed by atoms with E-state index >= 15 is 0 Å². The molecule has 0 saturated carbocycles. The number of hydrogen-bond donors (Lipinski definition) is 2. The molecule has 1 fully saturated rings. The van der Waals surface area contributed by atoms with Gasteiger partial charge in [-0.3, -0.25) is 4.79 Å². The number of aliphatic hydroxyl groups is 1. The number of rotatable bonds is 5. The molecule has 0 bridgehead atoms. The number of carbonyl (C=O) groups excluding carboxylic acids is 1. The van der Waals surface area contributed by atoms with E-state index in [1.807, 2.05) is 0 Å². The van der Waals surface area contributed by atoms with Crippen molar-refractivity contribution in [2.75, 3.05) is 19.7 Å². The van der Waals surface area contributed by atoms with Gasteiger partial charge in [0.05, 0.1) is 12.0 Å². The SMILES string of the molecule is O=C(O)c1ccccc1CC(=O)N1CCC(CCO)C1. The van der Waals surface area contributed by atoms with E-state index in [9.17, 15) is 9.59 Å². The average molecular weight is 277 g/mol. The molecule has 1 aliphatic rings. The van der Waals surface area contributed by atoms with Crippen molar-refractivity contribution in [3.63, 3.8) is 0 Å². The molecule has 2 rings (SSSR count). The van der Waals surface area contributed by atoms with E-state index < -0.39 is 5.97 Å². The van der Waals surface area contributed by atoms with Crippen molar-refractivity contribution in [2.45, 2.75) is 19.3 Å². The number of benzene rings is 1. The molecule has 1 heterocycles. The van der Waals surface area contributed by atoms with E-state index in [1.165, 1.54) is 6.07 Å². The minimum atomic E-state index is -1.01. The van der Waals surface area contributed by atoms with Crippen molar-refractivity contribution in [3.8, 4) is 0 Å². The van der Waals surface area contributed by atoms with Crippen molar-refractivity contribution in [1.29, 1.82) is 0 Å². The molecule has 20 heavy (non-hydrogen) atoms. The lowest BCUT2D eigenvalue weighted by Gasteiger charge is -2.17. The highest BCUT2D eigenvalue weighted by atomic mass is 16.4. The molecule has 5 nitrogen and oxygen atoms in total. The molecular formula is C15H19NO4. The first kappa shape index (κ1) is 14.5. The number of amides is 1. The second-order valence-electron chi connectivity index (χ2n) is 5.15. The maximum atomic E-state index is 12.2. The number of carboxylic acids is 1. The van der Waals surface area contributed by atoms with Gasteiger partial charge in [0.15, 0.2) is 0 Å². The summed E-state index contributed by atoms with van der Waals surface area (Å²) in [5.41, 5.74) is 0.738. The summed E-state index contributed by atoms with van der Waals surface area (Å²) in [5, 5.41) is 18.0. The van der Waals surface area contributed by atoms with E-state index in [0.717, 1.165) is 12.8 Å². The van der Waals surface area contributed by atoms with Crippen LogP contribution in [-0.4, -0.2) is 46.7 Å². The van der Waals surface area contributed by atoms with Crippen LogP contribution >= 0.6 is 0 Å². The second kappa shape index (κ2) is 6.52.